The zero-order valence-corrected chi connectivity index (χ0v) is 15.2. The van der Waals surface area contributed by atoms with E-state index in [1.807, 2.05) is 0 Å². The van der Waals surface area contributed by atoms with E-state index < -0.39 is 23.7 Å². The summed E-state index contributed by atoms with van der Waals surface area (Å²) in [5.74, 6) is -3.53. The van der Waals surface area contributed by atoms with E-state index in [2.05, 4.69) is 21.9 Å². The number of ether oxygens (including phenoxy) is 1. The minimum Gasteiger partial charge on any atom is -0.453 e. The molecule has 0 aliphatic carbocycles. The first-order valence-corrected chi connectivity index (χ1v) is 8.49. The van der Waals surface area contributed by atoms with Crippen LogP contribution in [0.1, 0.15) is 30.3 Å². The number of carbonyl (C=O) groups excluding carboxylic acids is 2. The Bertz CT molecular complexity index is 618. The number of nitrogens with zero attached hydrogens (tertiary/aromatic N) is 2. The summed E-state index contributed by atoms with van der Waals surface area (Å²) in [5, 5.41) is 2.54. The maximum atomic E-state index is 12.4. The Balaban J connectivity index is 2.61. The van der Waals surface area contributed by atoms with Gasteiger partial charge in [0.05, 0.1) is 0 Å². The number of nitrogens with one attached hydrogen (secondary N) is 1. The Morgan fingerprint density at radius 3 is 2.44 bits per heavy atom. The summed E-state index contributed by atoms with van der Waals surface area (Å²) in [7, 11) is 0. The van der Waals surface area contributed by atoms with Gasteiger partial charge in [0.25, 0.3) is 11.7 Å². The van der Waals surface area contributed by atoms with Crippen LogP contribution in [0.25, 0.3) is 0 Å². The van der Waals surface area contributed by atoms with Crippen LogP contribution in [0.3, 0.4) is 0 Å². The highest BCUT2D eigenvalue weighted by Gasteiger charge is 2.18. The number of hydrogen-bond donors (Lipinski definition) is 1. The third-order valence-electron chi connectivity index (χ3n) is 3.27. The van der Waals surface area contributed by atoms with Gasteiger partial charge in [-0.15, -0.1) is 6.58 Å². The van der Waals surface area contributed by atoms with Crippen molar-refractivity contribution in [3.63, 3.8) is 0 Å². The van der Waals surface area contributed by atoms with Crippen molar-refractivity contribution < 1.29 is 23.1 Å². The maximum Gasteiger partial charge on any atom is 0.306 e. The van der Waals surface area contributed by atoms with Gasteiger partial charge in [-0.1, -0.05) is 6.08 Å². The summed E-state index contributed by atoms with van der Waals surface area (Å²) in [6, 6.07) is 0. The van der Waals surface area contributed by atoms with E-state index in [0.717, 1.165) is 0 Å². The molecule has 0 bridgehead atoms. The summed E-state index contributed by atoms with van der Waals surface area (Å²) >= 11 is 0.279. The molecule has 6 nitrogen and oxygen atoms in total. The second kappa shape index (κ2) is 10.1. The van der Waals surface area contributed by atoms with Crippen LogP contribution in [0.2, 0.25) is 0 Å². The SMILES string of the molecule is C=CCNC(=O)[C@@H](C)OC(=O)CCc1c(C)nc(SC(F)F)nc1C. The Morgan fingerprint density at radius 2 is 1.92 bits per heavy atom. The highest BCUT2D eigenvalue weighted by Crippen LogP contribution is 2.24. The number of esters is 1. The molecule has 1 atom stereocenters. The van der Waals surface area contributed by atoms with E-state index in [-0.39, 0.29) is 23.3 Å². The summed E-state index contributed by atoms with van der Waals surface area (Å²) in [5.41, 5.74) is 1.79. The zero-order valence-electron chi connectivity index (χ0n) is 14.3. The lowest BCUT2D eigenvalue weighted by molar-refractivity contribution is -0.154. The standard InChI is InChI=1S/C16H21F2N3O3S/c1-5-8-19-14(23)11(4)24-13(22)7-6-12-9(2)20-16(21-10(12)3)25-15(17)18/h5,11,15H,1,6-8H2,2-4H3,(H,19,23)/t11-/m1/s1. The van der Waals surface area contributed by atoms with Crippen molar-refractivity contribution in [2.45, 2.75) is 50.6 Å². The lowest BCUT2D eigenvalue weighted by Crippen LogP contribution is -2.35. The van der Waals surface area contributed by atoms with Crippen LogP contribution in [-0.2, 0) is 20.7 Å². The van der Waals surface area contributed by atoms with Gasteiger partial charge in [-0.2, -0.15) is 8.78 Å². The predicted molar refractivity (Wildman–Crippen MR) is 90.4 cm³/mol. The van der Waals surface area contributed by atoms with Gasteiger partial charge in [0.2, 0.25) is 0 Å². The number of aromatic nitrogens is 2. The topological polar surface area (TPSA) is 81.2 Å². The van der Waals surface area contributed by atoms with Crippen LogP contribution in [-0.4, -0.2) is 40.3 Å². The van der Waals surface area contributed by atoms with Gasteiger partial charge in [0.15, 0.2) is 11.3 Å². The fourth-order valence-corrected chi connectivity index (χ4v) is 2.59. The van der Waals surface area contributed by atoms with Crippen molar-refractivity contribution in [2.75, 3.05) is 6.54 Å². The van der Waals surface area contributed by atoms with E-state index in [4.69, 9.17) is 4.74 Å². The number of rotatable bonds is 9. The first-order chi connectivity index (χ1) is 11.7. The van der Waals surface area contributed by atoms with Crippen molar-refractivity contribution in [2.24, 2.45) is 0 Å². The minimum absolute atomic E-state index is 0.00355. The molecule has 1 N–H and O–H groups in total. The van der Waals surface area contributed by atoms with Gasteiger partial charge in [-0.05, 0) is 44.5 Å². The van der Waals surface area contributed by atoms with E-state index in [1.54, 1.807) is 13.8 Å². The average Bonchev–Trinajstić information content (AvgIpc) is 2.50. The van der Waals surface area contributed by atoms with E-state index in [1.165, 1.54) is 13.0 Å². The largest absolute Gasteiger partial charge is 0.453 e. The third kappa shape index (κ3) is 7.16. The highest BCUT2D eigenvalue weighted by molar-refractivity contribution is 7.99. The summed E-state index contributed by atoms with van der Waals surface area (Å²) in [6.45, 7) is 8.60. The van der Waals surface area contributed by atoms with Crippen LogP contribution in [0.15, 0.2) is 17.8 Å². The molecule has 1 rings (SSSR count). The molecular formula is C16H21F2N3O3S. The van der Waals surface area contributed by atoms with Gasteiger partial charge in [-0.3, -0.25) is 9.59 Å². The molecule has 0 spiro atoms. The molecule has 0 saturated carbocycles. The molecule has 0 saturated heterocycles. The number of thioether (sulfide) groups is 1. The summed E-state index contributed by atoms with van der Waals surface area (Å²) < 4.78 is 29.8. The monoisotopic (exact) mass is 373 g/mol. The van der Waals surface area contributed by atoms with Crippen molar-refractivity contribution >= 4 is 23.6 Å². The van der Waals surface area contributed by atoms with Gasteiger partial charge >= 0.3 is 5.97 Å². The van der Waals surface area contributed by atoms with Gasteiger partial charge < -0.3 is 10.1 Å². The summed E-state index contributed by atoms with van der Waals surface area (Å²) in [6.07, 6.45) is 0.951. The molecule has 0 aliphatic heterocycles. The fourth-order valence-electron chi connectivity index (χ4n) is 2.06. The third-order valence-corrected chi connectivity index (χ3v) is 3.84. The van der Waals surface area contributed by atoms with Crippen LogP contribution < -0.4 is 5.32 Å². The fraction of sp³-hybridized carbons (Fsp3) is 0.500. The Labute approximate surface area is 149 Å². The Kier molecular flexibility index (Phi) is 8.47. The first-order valence-electron chi connectivity index (χ1n) is 7.61. The molecule has 0 aliphatic rings. The van der Waals surface area contributed by atoms with Crippen LogP contribution in [0.5, 0.6) is 0 Å². The summed E-state index contributed by atoms with van der Waals surface area (Å²) in [4.78, 5) is 31.5. The highest BCUT2D eigenvalue weighted by atomic mass is 32.2. The Morgan fingerprint density at radius 1 is 1.32 bits per heavy atom. The van der Waals surface area contributed by atoms with E-state index in [0.29, 0.717) is 29.9 Å². The van der Waals surface area contributed by atoms with Crippen molar-refractivity contribution in [3.05, 3.63) is 29.6 Å². The number of hydrogen-bond acceptors (Lipinski definition) is 6. The average molecular weight is 373 g/mol. The van der Waals surface area contributed by atoms with Crippen LogP contribution >= 0.6 is 11.8 Å². The van der Waals surface area contributed by atoms with Gasteiger partial charge in [-0.25, -0.2) is 9.97 Å². The molecule has 1 aromatic rings. The number of aryl methyl sites for hydroxylation is 2. The zero-order chi connectivity index (χ0) is 19.0. The lowest BCUT2D eigenvalue weighted by atomic mass is 10.1. The number of alkyl halides is 2. The van der Waals surface area contributed by atoms with Gasteiger partial charge in [0, 0.05) is 24.4 Å². The lowest BCUT2D eigenvalue weighted by Gasteiger charge is -2.14. The van der Waals surface area contributed by atoms with Crippen molar-refractivity contribution in [1.29, 1.82) is 0 Å². The number of halogens is 2. The molecule has 0 unspecified atom stereocenters. The molecule has 1 aromatic heterocycles. The molecule has 1 heterocycles. The molecule has 0 aromatic carbocycles. The normalized spacial score (nSPS) is 11.9. The molecule has 0 fully saturated rings. The second-order valence-corrected chi connectivity index (χ2v) is 6.16. The number of carbonyl (C=O) groups is 2. The minimum atomic E-state index is -2.59. The van der Waals surface area contributed by atoms with Crippen molar-refractivity contribution in [1.82, 2.24) is 15.3 Å². The molecule has 1 amide bonds. The predicted octanol–water partition coefficient (Wildman–Crippen LogP) is 2.57. The molecule has 138 valence electrons. The molecule has 9 heteroatoms. The van der Waals surface area contributed by atoms with E-state index >= 15 is 0 Å². The molecular weight excluding hydrogens is 352 g/mol. The number of amides is 1. The quantitative estimate of drug-likeness (QED) is 0.310. The van der Waals surface area contributed by atoms with Crippen LogP contribution in [0, 0.1) is 13.8 Å². The second-order valence-electron chi connectivity index (χ2n) is 5.20. The van der Waals surface area contributed by atoms with Crippen LogP contribution in [0.4, 0.5) is 8.78 Å². The van der Waals surface area contributed by atoms with Crippen molar-refractivity contribution in [3.8, 4) is 0 Å². The van der Waals surface area contributed by atoms with E-state index in [9.17, 15) is 18.4 Å². The first kappa shape index (κ1) is 21.0. The smallest absolute Gasteiger partial charge is 0.306 e. The molecule has 0 radical (unpaired) electrons. The molecule has 25 heavy (non-hydrogen) atoms. The maximum absolute atomic E-state index is 12.4. The Hall–Kier alpha value is -2.03. The van der Waals surface area contributed by atoms with Gasteiger partial charge in [0.1, 0.15) is 0 Å².